The van der Waals surface area contributed by atoms with E-state index < -0.39 is 0 Å². The van der Waals surface area contributed by atoms with Crippen LogP contribution in [0.4, 0.5) is 0 Å². The predicted octanol–water partition coefficient (Wildman–Crippen LogP) is 4.58. The van der Waals surface area contributed by atoms with Crippen molar-refractivity contribution in [2.24, 2.45) is 0 Å². The lowest BCUT2D eigenvalue weighted by molar-refractivity contribution is 0.491. The molecule has 0 aliphatic carbocycles. The summed E-state index contributed by atoms with van der Waals surface area (Å²) in [7, 11) is 0. The van der Waals surface area contributed by atoms with Crippen LogP contribution >= 0.6 is 23.2 Å². The molecule has 0 spiro atoms. The second-order valence-corrected chi connectivity index (χ2v) is 5.44. The van der Waals surface area contributed by atoms with Crippen LogP contribution in [0.15, 0.2) is 28.8 Å². The second kappa shape index (κ2) is 7.67. The normalized spacial score (nSPS) is 10.9. The Morgan fingerprint density at radius 3 is 2.90 bits per heavy atom. The zero-order valence-corrected chi connectivity index (χ0v) is 13.0. The van der Waals surface area contributed by atoms with Crippen molar-refractivity contribution in [1.82, 2.24) is 10.3 Å². The highest BCUT2D eigenvalue weighted by molar-refractivity contribution is 6.35. The smallest absolute Gasteiger partial charge is 0.194 e. The molecule has 3 nitrogen and oxygen atoms in total. The molecule has 0 saturated carbocycles. The SMILES string of the molecule is CCCNCCCc1ncc(-c2cc(Cl)ccc2Cl)o1. The molecule has 5 heteroatoms. The number of benzene rings is 1. The third-order valence-electron chi connectivity index (χ3n) is 2.92. The van der Waals surface area contributed by atoms with E-state index >= 15 is 0 Å². The molecule has 0 saturated heterocycles. The summed E-state index contributed by atoms with van der Waals surface area (Å²) >= 11 is 12.1. The molecule has 0 fully saturated rings. The number of rotatable bonds is 7. The van der Waals surface area contributed by atoms with Crippen LogP contribution in [-0.4, -0.2) is 18.1 Å². The number of nitrogens with one attached hydrogen (secondary N) is 1. The van der Waals surface area contributed by atoms with E-state index in [1.807, 2.05) is 0 Å². The summed E-state index contributed by atoms with van der Waals surface area (Å²) in [5.41, 5.74) is 0.780. The number of hydrogen-bond donors (Lipinski definition) is 1. The van der Waals surface area contributed by atoms with Gasteiger partial charge in [0.1, 0.15) is 0 Å². The van der Waals surface area contributed by atoms with Crippen LogP contribution in [0.5, 0.6) is 0 Å². The molecule has 1 N–H and O–H groups in total. The first kappa shape index (κ1) is 15.4. The number of aromatic nitrogens is 1. The van der Waals surface area contributed by atoms with Gasteiger partial charge in [-0.25, -0.2) is 4.98 Å². The van der Waals surface area contributed by atoms with Crippen molar-refractivity contribution in [3.05, 3.63) is 40.3 Å². The molecule has 0 aliphatic heterocycles. The third kappa shape index (κ3) is 4.23. The summed E-state index contributed by atoms with van der Waals surface area (Å²) in [5, 5.41) is 4.60. The fourth-order valence-electron chi connectivity index (χ4n) is 1.90. The fraction of sp³-hybridized carbons (Fsp3) is 0.400. The molecule has 0 unspecified atom stereocenters. The predicted molar refractivity (Wildman–Crippen MR) is 83.4 cm³/mol. The van der Waals surface area contributed by atoms with Crippen LogP contribution in [0.1, 0.15) is 25.7 Å². The lowest BCUT2D eigenvalue weighted by Crippen LogP contribution is -2.16. The Hall–Kier alpha value is -1.03. The number of nitrogens with zero attached hydrogens (tertiary/aromatic N) is 1. The molecule has 0 radical (unpaired) electrons. The summed E-state index contributed by atoms with van der Waals surface area (Å²) in [6.45, 7) is 4.18. The van der Waals surface area contributed by atoms with Crippen molar-refractivity contribution in [1.29, 1.82) is 0 Å². The maximum Gasteiger partial charge on any atom is 0.194 e. The monoisotopic (exact) mass is 312 g/mol. The van der Waals surface area contributed by atoms with Crippen molar-refractivity contribution < 1.29 is 4.42 Å². The van der Waals surface area contributed by atoms with E-state index in [4.69, 9.17) is 27.6 Å². The highest BCUT2D eigenvalue weighted by Crippen LogP contribution is 2.31. The average Bonchev–Trinajstić information content (AvgIpc) is 2.90. The summed E-state index contributed by atoms with van der Waals surface area (Å²) in [6, 6.07) is 5.30. The van der Waals surface area contributed by atoms with E-state index in [0.29, 0.717) is 15.8 Å². The Labute approximate surface area is 129 Å². The van der Waals surface area contributed by atoms with Gasteiger partial charge in [0.05, 0.1) is 11.2 Å². The molecule has 1 heterocycles. The molecule has 108 valence electrons. The number of oxazole rings is 1. The van der Waals surface area contributed by atoms with E-state index in [-0.39, 0.29) is 0 Å². The highest BCUT2D eigenvalue weighted by atomic mass is 35.5. The first-order valence-electron chi connectivity index (χ1n) is 6.81. The van der Waals surface area contributed by atoms with Crippen molar-refractivity contribution in [2.45, 2.75) is 26.2 Å². The minimum Gasteiger partial charge on any atom is -0.441 e. The highest BCUT2D eigenvalue weighted by Gasteiger charge is 2.10. The maximum atomic E-state index is 6.15. The van der Waals surface area contributed by atoms with E-state index in [9.17, 15) is 0 Å². The largest absolute Gasteiger partial charge is 0.441 e. The van der Waals surface area contributed by atoms with E-state index in [1.54, 1.807) is 24.4 Å². The van der Waals surface area contributed by atoms with Gasteiger partial charge in [0.15, 0.2) is 11.7 Å². The average molecular weight is 313 g/mol. The van der Waals surface area contributed by atoms with Crippen LogP contribution in [0.3, 0.4) is 0 Å². The second-order valence-electron chi connectivity index (χ2n) is 4.60. The molecule has 1 aromatic carbocycles. The lowest BCUT2D eigenvalue weighted by Gasteiger charge is -2.01. The van der Waals surface area contributed by atoms with Gasteiger partial charge < -0.3 is 9.73 Å². The topological polar surface area (TPSA) is 38.1 Å². The van der Waals surface area contributed by atoms with Crippen LogP contribution in [-0.2, 0) is 6.42 Å². The Bertz CT molecular complexity index is 555. The summed E-state index contributed by atoms with van der Waals surface area (Å²) in [5.74, 6) is 1.39. The quantitative estimate of drug-likeness (QED) is 0.760. The molecule has 0 bridgehead atoms. The first-order valence-corrected chi connectivity index (χ1v) is 7.57. The number of halogens is 2. The minimum absolute atomic E-state index is 0.613. The fourth-order valence-corrected chi connectivity index (χ4v) is 2.29. The molecule has 0 atom stereocenters. The number of hydrogen-bond acceptors (Lipinski definition) is 3. The lowest BCUT2D eigenvalue weighted by atomic mass is 10.2. The molecule has 0 aliphatic rings. The standard InChI is InChI=1S/C15H18Cl2N2O/c1-2-7-18-8-3-4-15-19-10-14(20-15)12-9-11(16)5-6-13(12)17/h5-6,9-10,18H,2-4,7-8H2,1H3. The van der Waals surface area contributed by atoms with E-state index in [2.05, 4.69) is 17.2 Å². The molecule has 2 aromatic rings. The maximum absolute atomic E-state index is 6.15. The van der Waals surface area contributed by atoms with Gasteiger partial charge in [-0.1, -0.05) is 30.1 Å². The third-order valence-corrected chi connectivity index (χ3v) is 3.48. The van der Waals surface area contributed by atoms with E-state index in [1.165, 1.54) is 0 Å². The van der Waals surface area contributed by atoms with Gasteiger partial charge in [-0.3, -0.25) is 0 Å². The Balaban J connectivity index is 1.96. The van der Waals surface area contributed by atoms with Crippen LogP contribution < -0.4 is 5.32 Å². The van der Waals surface area contributed by atoms with Crippen molar-refractivity contribution in [3.63, 3.8) is 0 Å². The van der Waals surface area contributed by atoms with Crippen molar-refractivity contribution in [2.75, 3.05) is 13.1 Å². The van der Waals surface area contributed by atoms with Gasteiger partial charge in [-0.2, -0.15) is 0 Å². The van der Waals surface area contributed by atoms with Crippen LogP contribution in [0.2, 0.25) is 10.0 Å². The first-order chi connectivity index (χ1) is 9.70. The molecular weight excluding hydrogens is 295 g/mol. The zero-order chi connectivity index (χ0) is 14.4. The molecule has 1 aromatic heterocycles. The van der Waals surface area contributed by atoms with Crippen molar-refractivity contribution >= 4 is 23.2 Å². The number of aryl methyl sites for hydroxylation is 1. The zero-order valence-electron chi connectivity index (χ0n) is 11.5. The van der Waals surface area contributed by atoms with Crippen molar-refractivity contribution in [3.8, 4) is 11.3 Å². The summed E-state index contributed by atoms with van der Waals surface area (Å²) in [4.78, 5) is 4.28. The molecular formula is C15H18Cl2N2O. The van der Waals surface area contributed by atoms with Gasteiger partial charge in [0.25, 0.3) is 0 Å². The van der Waals surface area contributed by atoms with Gasteiger partial charge in [0.2, 0.25) is 0 Å². The van der Waals surface area contributed by atoms with Crippen LogP contribution in [0.25, 0.3) is 11.3 Å². The van der Waals surface area contributed by atoms with E-state index in [0.717, 1.165) is 43.8 Å². The Morgan fingerprint density at radius 1 is 1.25 bits per heavy atom. The van der Waals surface area contributed by atoms with Gasteiger partial charge in [-0.05, 0) is 44.1 Å². The Morgan fingerprint density at radius 2 is 2.10 bits per heavy atom. The van der Waals surface area contributed by atoms with Gasteiger partial charge >= 0.3 is 0 Å². The molecule has 2 rings (SSSR count). The van der Waals surface area contributed by atoms with Gasteiger partial charge in [-0.15, -0.1) is 0 Å². The summed E-state index contributed by atoms with van der Waals surface area (Å²) in [6.07, 6.45) is 4.67. The molecule has 20 heavy (non-hydrogen) atoms. The molecule has 0 amide bonds. The Kier molecular flexibility index (Phi) is 5.89. The van der Waals surface area contributed by atoms with Crippen LogP contribution in [0, 0.1) is 0 Å². The minimum atomic E-state index is 0.613. The van der Waals surface area contributed by atoms with Gasteiger partial charge in [0, 0.05) is 17.0 Å². The summed E-state index contributed by atoms with van der Waals surface area (Å²) < 4.78 is 5.73.